The molecule has 0 radical (unpaired) electrons. The molecule has 1 aromatic heterocycles. The normalized spacial score (nSPS) is 18.4. The van der Waals surface area contributed by atoms with Crippen LogP contribution in [0.15, 0.2) is 18.3 Å². The van der Waals surface area contributed by atoms with Crippen molar-refractivity contribution in [3.63, 3.8) is 0 Å². The van der Waals surface area contributed by atoms with E-state index in [1.807, 2.05) is 12.1 Å². The molecule has 18 heavy (non-hydrogen) atoms. The van der Waals surface area contributed by atoms with E-state index in [0.29, 0.717) is 11.1 Å². The predicted octanol–water partition coefficient (Wildman–Crippen LogP) is 3.36. The summed E-state index contributed by atoms with van der Waals surface area (Å²) in [6.07, 6.45) is 6.79. The van der Waals surface area contributed by atoms with E-state index in [4.69, 9.17) is 5.26 Å². The maximum Gasteiger partial charge on any atom is 0.142 e. The highest BCUT2D eigenvalue weighted by Crippen LogP contribution is 2.38. The quantitative estimate of drug-likeness (QED) is 0.817. The maximum atomic E-state index is 8.89. The molecule has 0 aromatic carbocycles. The van der Waals surface area contributed by atoms with Gasteiger partial charge in [0.1, 0.15) is 11.8 Å². The van der Waals surface area contributed by atoms with Crippen molar-refractivity contribution in [2.24, 2.45) is 5.41 Å². The number of anilines is 1. The van der Waals surface area contributed by atoms with E-state index in [1.165, 1.54) is 25.7 Å². The Morgan fingerprint density at radius 3 is 2.56 bits per heavy atom. The highest BCUT2D eigenvalue weighted by atomic mass is 15.1. The van der Waals surface area contributed by atoms with Gasteiger partial charge in [-0.05, 0) is 30.4 Å². The standard InChI is InChI=1S/C15H21N3/c1-3-15(4-2)6-9-18(10-7-15)14-5-8-17-13(11-14)12-16/h5,8,11H,3-4,6-7,9-10H2,1-2H3. The number of piperidine rings is 1. The molecule has 2 rings (SSSR count). The Morgan fingerprint density at radius 2 is 2.00 bits per heavy atom. The first-order chi connectivity index (χ1) is 8.73. The van der Waals surface area contributed by atoms with Crippen molar-refractivity contribution in [3.05, 3.63) is 24.0 Å². The topological polar surface area (TPSA) is 39.9 Å². The number of hydrogen-bond acceptors (Lipinski definition) is 3. The van der Waals surface area contributed by atoms with Gasteiger partial charge in [-0.25, -0.2) is 4.98 Å². The van der Waals surface area contributed by atoms with E-state index in [-0.39, 0.29) is 0 Å². The summed E-state index contributed by atoms with van der Waals surface area (Å²) >= 11 is 0. The molecule has 0 unspecified atom stereocenters. The number of nitrogens with zero attached hydrogens (tertiary/aromatic N) is 3. The Hall–Kier alpha value is -1.56. The summed E-state index contributed by atoms with van der Waals surface area (Å²) in [6.45, 7) is 6.80. The van der Waals surface area contributed by atoms with Crippen LogP contribution in [0, 0.1) is 16.7 Å². The number of nitriles is 1. The molecule has 2 heterocycles. The number of pyridine rings is 1. The molecule has 0 atom stereocenters. The summed E-state index contributed by atoms with van der Waals surface area (Å²) in [6, 6.07) is 6.01. The maximum absolute atomic E-state index is 8.89. The van der Waals surface area contributed by atoms with E-state index in [9.17, 15) is 0 Å². The second kappa shape index (κ2) is 5.39. The molecule has 3 nitrogen and oxygen atoms in total. The lowest BCUT2D eigenvalue weighted by atomic mass is 9.74. The summed E-state index contributed by atoms with van der Waals surface area (Å²) in [7, 11) is 0. The Balaban J connectivity index is 2.07. The van der Waals surface area contributed by atoms with Crippen molar-refractivity contribution in [2.45, 2.75) is 39.5 Å². The van der Waals surface area contributed by atoms with Crippen molar-refractivity contribution < 1.29 is 0 Å². The Kier molecular flexibility index (Phi) is 3.86. The molecule has 0 spiro atoms. The highest BCUT2D eigenvalue weighted by Gasteiger charge is 2.31. The van der Waals surface area contributed by atoms with E-state index in [0.717, 1.165) is 18.8 Å². The molecule has 1 saturated heterocycles. The third-order valence-electron chi connectivity index (χ3n) is 4.55. The van der Waals surface area contributed by atoms with E-state index < -0.39 is 0 Å². The summed E-state index contributed by atoms with van der Waals surface area (Å²) in [4.78, 5) is 6.41. The lowest BCUT2D eigenvalue weighted by molar-refractivity contribution is 0.199. The van der Waals surface area contributed by atoms with Gasteiger partial charge in [-0.2, -0.15) is 5.26 Å². The van der Waals surface area contributed by atoms with Crippen LogP contribution in [0.3, 0.4) is 0 Å². The monoisotopic (exact) mass is 243 g/mol. The van der Waals surface area contributed by atoms with Crippen LogP contribution >= 0.6 is 0 Å². The average molecular weight is 243 g/mol. The fourth-order valence-corrected chi connectivity index (χ4v) is 2.87. The second-order valence-corrected chi connectivity index (χ2v) is 5.21. The van der Waals surface area contributed by atoms with Gasteiger partial charge in [-0.3, -0.25) is 0 Å². The van der Waals surface area contributed by atoms with Crippen molar-refractivity contribution in [1.82, 2.24) is 4.98 Å². The zero-order valence-electron chi connectivity index (χ0n) is 11.3. The molecule has 0 amide bonds. The minimum absolute atomic E-state index is 0.510. The van der Waals surface area contributed by atoms with Gasteiger partial charge in [0.15, 0.2) is 0 Å². The molecule has 0 saturated carbocycles. The van der Waals surface area contributed by atoms with Crippen LogP contribution in [0.1, 0.15) is 45.2 Å². The van der Waals surface area contributed by atoms with Gasteiger partial charge in [-0.15, -0.1) is 0 Å². The highest BCUT2D eigenvalue weighted by molar-refractivity contribution is 5.49. The van der Waals surface area contributed by atoms with Crippen molar-refractivity contribution in [1.29, 1.82) is 5.26 Å². The average Bonchev–Trinajstić information content (AvgIpc) is 2.47. The molecule has 0 aliphatic carbocycles. The van der Waals surface area contributed by atoms with Crippen LogP contribution in [0.4, 0.5) is 5.69 Å². The molecular weight excluding hydrogens is 222 g/mol. The van der Waals surface area contributed by atoms with Gasteiger partial charge in [0.25, 0.3) is 0 Å². The van der Waals surface area contributed by atoms with Crippen molar-refractivity contribution in [2.75, 3.05) is 18.0 Å². The van der Waals surface area contributed by atoms with E-state index in [2.05, 4.69) is 29.8 Å². The summed E-state index contributed by atoms with van der Waals surface area (Å²) in [5.74, 6) is 0. The van der Waals surface area contributed by atoms with Gasteiger partial charge < -0.3 is 4.90 Å². The fourth-order valence-electron chi connectivity index (χ4n) is 2.87. The number of hydrogen-bond donors (Lipinski definition) is 0. The Morgan fingerprint density at radius 1 is 1.33 bits per heavy atom. The molecule has 0 bridgehead atoms. The second-order valence-electron chi connectivity index (χ2n) is 5.21. The van der Waals surface area contributed by atoms with Gasteiger partial charge in [0, 0.05) is 25.0 Å². The third kappa shape index (κ3) is 2.48. The smallest absolute Gasteiger partial charge is 0.142 e. The first-order valence-electron chi connectivity index (χ1n) is 6.84. The van der Waals surface area contributed by atoms with Gasteiger partial charge in [-0.1, -0.05) is 26.7 Å². The predicted molar refractivity (Wildman–Crippen MR) is 73.4 cm³/mol. The number of rotatable bonds is 3. The lowest BCUT2D eigenvalue weighted by Crippen LogP contribution is -2.39. The van der Waals surface area contributed by atoms with E-state index in [1.54, 1.807) is 6.20 Å². The van der Waals surface area contributed by atoms with Crippen LogP contribution in [-0.2, 0) is 0 Å². The van der Waals surface area contributed by atoms with Crippen LogP contribution in [-0.4, -0.2) is 18.1 Å². The lowest BCUT2D eigenvalue weighted by Gasteiger charge is -2.42. The minimum atomic E-state index is 0.510. The summed E-state index contributed by atoms with van der Waals surface area (Å²) in [5, 5.41) is 8.89. The Bertz CT molecular complexity index is 433. The third-order valence-corrected chi connectivity index (χ3v) is 4.55. The molecule has 1 aromatic rings. The summed E-state index contributed by atoms with van der Waals surface area (Å²) < 4.78 is 0. The van der Waals surface area contributed by atoms with Crippen molar-refractivity contribution >= 4 is 5.69 Å². The molecule has 0 N–H and O–H groups in total. The number of aromatic nitrogens is 1. The first kappa shape index (κ1) is 12.9. The molecule has 96 valence electrons. The Labute approximate surface area is 109 Å². The first-order valence-corrected chi connectivity index (χ1v) is 6.84. The zero-order chi connectivity index (χ0) is 13.0. The zero-order valence-corrected chi connectivity index (χ0v) is 11.3. The van der Waals surface area contributed by atoms with Crippen LogP contribution in [0.2, 0.25) is 0 Å². The fraction of sp³-hybridized carbons (Fsp3) is 0.600. The van der Waals surface area contributed by atoms with E-state index >= 15 is 0 Å². The largest absolute Gasteiger partial charge is 0.371 e. The summed E-state index contributed by atoms with van der Waals surface area (Å²) in [5.41, 5.74) is 2.19. The molecule has 1 fully saturated rings. The minimum Gasteiger partial charge on any atom is -0.371 e. The van der Waals surface area contributed by atoms with Crippen LogP contribution < -0.4 is 4.90 Å². The SMILES string of the molecule is CCC1(CC)CCN(c2ccnc(C#N)c2)CC1. The van der Waals surface area contributed by atoms with Crippen LogP contribution in [0.25, 0.3) is 0 Å². The molecular formula is C15H21N3. The molecule has 1 aliphatic heterocycles. The molecule has 1 aliphatic rings. The van der Waals surface area contributed by atoms with Gasteiger partial charge in [0.2, 0.25) is 0 Å². The van der Waals surface area contributed by atoms with Gasteiger partial charge in [0.05, 0.1) is 0 Å². The molecule has 3 heteroatoms. The van der Waals surface area contributed by atoms with Crippen molar-refractivity contribution in [3.8, 4) is 6.07 Å². The van der Waals surface area contributed by atoms with Gasteiger partial charge >= 0.3 is 0 Å². The van der Waals surface area contributed by atoms with Crippen LogP contribution in [0.5, 0.6) is 0 Å².